The van der Waals surface area contributed by atoms with E-state index in [4.69, 9.17) is 0 Å². The Morgan fingerprint density at radius 2 is 2.30 bits per heavy atom. The molecule has 0 aromatic rings. The fraction of sp³-hybridized carbons (Fsp3) is 0.857. The zero-order chi connectivity index (χ0) is 7.61. The lowest BCUT2D eigenvalue weighted by Gasteiger charge is -2.43. The van der Waals surface area contributed by atoms with Crippen LogP contribution in [0.1, 0.15) is 6.92 Å². The van der Waals surface area contributed by atoms with Crippen LogP contribution >= 0.6 is 0 Å². The molecule has 0 aliphatic carbocycles. The van der Waals surface area contributed by atoms with Crippen LogP contribution in [0.3, 0.4) is 0 Å². The van der Waals surface area contributed by atoms with Crippen LogP contribution in [0.2, 0.25) is 0 Å². The molecule has 0 spiro atoms. The average Bonchev–Trinajstić information content (AvgIpc) is 1.85. The Hall–Kier alpha value is -0.440. The molecule has 58 valence electrons. The maximum absolute atomic E-state index is 11.7. The Morgan fingerprint density at radius 3 is 2.70 bits per heavy atom. The second-order valence-corrected chi connectivity index (χ2v) is 3.17. The summed E-state index contributed by atoms with van der Waals surface area (Å²) in [4.78, 5) is 12.3. The van der Waals surface area contributed by atoms with E-state index in [1.807, 2.05) is 11.8 Å². The summed E-state index contributed by atoms with van der Waals surface area (Å²) in [5, 5.41) is 0. The number of alkyl halides is 1. The molecule has 3 heteroatoms. The van der Waals surface area contributed by atoms with Crippen molar-refractivity contribution in [2.24, 2.45) is 5.41 Å². The molecular formula is C7H12FNO. The van der Waals surface area contributed by atoms with E-state index in [-0.39, 0.29) is 12.1 Å². The average molecular weight is 145 g/mol. The summed E-state index contributed by atoms with van der Waals surface area (Å²) in [6.45, 7) is 3.51. The van der Waals surface area contributed by atoms with Crippen molar-refractivity contribution in [3.05, 3.63) is 0 Å². The minimum atomic E-state index is -0.311. The molecule has 1 aliphatic rings. The third kappa shape index (κ3) is 1.34. The molecule has 2 nitrogen and oxygen atoms in total. The first-order chi connectivity index (χ1) is 4.70. The molecule has 0 bridgehead atoms. The molecule has 1 fully saturated rings. The molecular weight excluding hydrogens is 133 g/mol. The van der Waals surface area contributed by atoms with E-state index in [0.717, 1.165) is 19.4 Å². The Balaban J connectivity index is 2.22. The minimum Gasteiger partial charge on any atom is -0.303 e. The molecule has 0 atom stereocenters. The van der Waals surface area contributed by atoms with Crippen molar-refractivity contribution in [3.8, 4) is 0 Å². The van der Waals surface area contributed by atoms with Crippen molar-refractivity contribution in [2.45, 2.75) is 6.92 Å². The lowest BCUT2D eigenvalue weighted by Crippen LogP contribution is -2.55. The standard InChI is InChI=1S/C7H12FNO/c1-7(6-10)4-9(5-7)3-2-8/h6H,2-5H2,1H3. The third-order valence-electron chi connectivity index (χ3n) is 1.85. The topological polar surface area (TPSA) is 20.3 Å². The second kappa shape index (κ2) is 2.66. The van der Waals surface area contributed by atoms with E-state index in [2.05, 4.69) is 0 Å². The molecule has 0 aromatic heterocycles. The van der Waals surface area contributed by atoms with Crippen LogP contribution < -0.4 is 0 Å². The van der Waals surface area contributed by atoms with Crippen LogP contribution in [0.15, 0.2) is 0 Å². The maximum Gasteiger partial charge on any atom is 0.128 e. The quantitative estimate of drug-likeness (QED) is 0.538. The highest BCUT2D eigenvalue weighted by Gasteiger charge is 2.37. The van der Waals surface area contributed by atoms with Crippen LogP contribution in [0.5, 0.6) is 0 Å². The summed E-state index contributed by atoms with van der Waals surface area (Å²) >= 11 is 0. The van der Waals surface area contributed by atoms with Crippen LogP contribution in [0.4, 0.5) is 4.39 Å². The SMILES string of the molecule is CC1(C=O)CN(CCF)C1. The monoisotopic (exact) mass is 145 g/mol. The van der Waals surface area contributed by atoms with Crippen LogP contribution in [-0.2, 0) is 4.79 Å². The van der Waals surface area contributed by atoms with Gasteiger partial charge in [-0.15, -0.1) is 0 Å². The first-order valence-corrected chi connectivity index (χ1v) is 3.45. The number of rotatable bonds is 3. The molecule has 0 aromatic carbocycles. The van der Waals surface area contributed by atoms with Crippen molar-refractivity contribution < 1.29 is 9.18 Å². The van der Waals surface area contributed by atoms with E-state index in [1.165, 1.54) is 0 Å². The van der Waals surface area contributed by atoms with Gasteiger partial charge in [0, 0.05) is 25.0 Å². The summed E-state index contributed by atoms with van der Waals surface area (Å²) in [6, 6.07) is 0. The van der Waals surface area contributed by atoms with Crippen molar-refractivity contribution in [3.63, 3.8) is 0 Å². The van der Waals surface area contributed by atoms with Gasteiger partial charge in [-0.05, 0) is 0 Å². The van der Waals surface area contributed by atoms with Gasteiger partial charge in [0.2, 0.25) is 0 Å². The maximum atomic E-state index is 11.7. The van der Waals surface area contributed by atoms with E-state index in [0.29, 0.717) is 6.54 Å². The number of halogens is 1. The van der Waals surface area contributed by atoms with Gasteiger partial charge < -0.3 is 4.79 Å². The molecule has 1 saturated heterocycles. The van der Waals surface area contributed by atoms with Crippen molar-refractivity contribution >= 4 is 6.29 Å². The zero-order valence-electron chi connectivity index (χ0n) is 6.14. The molecule has 10 heavy (non-hydrogen) atoms. The number of aldehydes is 1. The van der Waals surface area contributed by atoms with Crippen LogP contribution in [-0.4, -0.2) is 37.5 Å². The smallest absolute Gasteiger partial charge is 0.128 e. The van der Waals surface area contributed by atoms with E-state index in [9.17, 15) is 9.18 Å². The van der Waals surface area contributed by atoms with Gasteiger partial charge in [-0.3, -0.25) is 4.90 Å². The fourth-order valence-electron chi connectivity index (χ4n) is 1.33. The molecule has 1 heterocycles. The van der Waals surface area contributed by atoms with E-state index < -0.39 is 0 Å². The van der Waals surface area contributed by atoms with Crippen molar-refractivity contribution in [1.82, 2.24) is 4.90 Å². The Labute approximate surface area is 60.0 Å². The number of hydrogen-bond donors (Lipinski definition) is 0. The Bertz CT molecular complexity index is 132. The van der Waals surface area contributed by atoms with Gasteiger partial charge in [-0.1, -0.05) is 6.92 Å². The third-order valence-corrected chi connectivity index (χ3v) is 1.85. The summed E-state index contributed by atoms with van der Waals surface area (Å²) in [5.74, 6) is 0. The molecule has 0 unspecified atom stereocenters. The van der Waals surface area contributed by atoms with Gasteiger partial charge in [0.15, 0.2) is 0 Å². The molecule has 1 aliphatic heterocycles. The number of carbonyl (C=O) groups is 1. The van der Waals surface area contributed by atoms with Gasteiger partial charge in [0.25, 0.3) is 0 Å². The van der Waals surface area contributed by atoms with Crippen molar-refractivity contribution in [1.29, 1.82) is 0 Å². The van der Waals surface area contributed by atoms with Gasteiger partial charge in [0.05, 0.1) is 0 Å². The number of nitrogens with zero attached hydrogens (tertiary/aromatic N) is 1. The molecule has 0 radical (unpaired) electrons. The molecule has 0 saturated carbocycles. The first kappa shape index (κ1) is 7.66. The van der Waals surface area contributed by atoms with Gasteiger partial charge >= 0.3 is 0 Å². The first-order valence-electron chi connectivity index (χ1n) is 3.45. The number of carbonyl (C=O) groups excluding carboxylic acids is 1. The van der Waals surface area contributed by atoms with Crippen LogP contribution in [0, 0.1) is 5.41 Å². The lowest BCUT2D eigenvalue weighted by molar-refractivity contribution is -0.124. The Kier molecular flexibility index (Phi) is 2.04. The van der Waals surface area contributed by atoms with E-state index >= 15 is 0 Å². The highest BCUT2D eigenvalue weighted by atomic mass is 19.1. The summed E-state index contributed by atoms with van der Waals surface area (Å²) in [7, 11) is 0. The minimum absolute atomic E-state index is 0.185. The highest BCUT2D eigenvalue weighted by molar-refractivity contribution is 5.61. The Morgan fingerprint density at radius 1 is 1.70 bits per heavy atom. The summed E-state index contributed by atoms with van der Waals surface area (Å²) in [6.07, 6.45) is 0.960. The lowest BCUT2D eigenvalue weighted by atomic mass is 9.84. The normalized spacial score (nSPS) is 23.8. The summed E-state index contributed by atoms with van der Waals surface area (Å²) in [5.41, 5.74) is -0.185. The van der Waals surface area contributed by atoms with Crippen molar-refractivity contribution in [2.75, 3.05) is 26.3 Å². The fourth-order valence-corrected chi connectivity index (χ4v) is 1.33. The van der Waals surface area contributed by atoms with Gasteiger partial charge in [0.1, 0.15) is 13.0 Å². The molecule has 0 N–H and O–H groups in total. The molecule has 1 rings (SSSR count). The number of hydrogen-bond acceptors (Lipinski definition) is 2. The van der Waals surface area contributed by atoms with Gasteiger partial charge in [-0.2, -0.15) is 0 Å². The second-order valence-electron chi connectivity index (χ2n) is 3.17. The largest absolute Gasteiger partial charge is 0.303 e. The summed E-state index contributed by atoms with van der Waals surface area (Å²) < 4.78 is 11.7. The predicted molar refractivity (Wildman–Crippen MR) is 36.6 cm³/mol. The predicted octanol–water partition coefficient (Wildman–Crippen LogP) is 0.477. The highest BCUT2D eigenvalue weighted by Crippen LogP contribution is 2.26. The van der Waals surface area contributed by atoms with Gasteiger partial charge in [-0.25, -0.2) is 4.39 Å². The zero-order valence-corrected chi connectivity index (χ0v) is 6.14. The number of likely N-dealkylation sites (tertiary alicyclic amines) is 1. The van der Waals surface area contributed by atoms with E-state index in [1.54, 1.807) is 0 Å². The molecule has 0 amide bonds. The van der Waals surface area contributed by atoms with Crippen LogP contribution in [0.25, 0.3) is 0 Å².